The van der Waals surface area contributed by atoms with Gasteiger partial charge < -0.3 is 10.1 Å². The quantitative estimate of drug-likeness (QED) is 0.643. The number of aromatic nitrogens is 4. The molecule has 0 saturated carbocycles. The molecule has 2 N–H and O–H groups in total. The molecule has 0 aliphatic carbocycles. The van der Waals surface area contributed by atoms with E-state index >= 15 is 0 Å². The van der Waals surface area contributed by atoms with Crippen LogP contribution in [-0.4, -0.2) is 31.0 Å². The molecule has 0 fully saturated rings. The molecule has 2 aromatic rings. The summed E-state index contributed by atoms with van der Waals surface area (Å²) in [5, 5.41) is 8.41. The Labute approximate surface area is 84.4 Å². The molecule has 0 aliphatic rings. The van der Waals surface area contributed by atoms with Gasteiger partial charge in [-0.05, 0) is 5.92 Å². The summed E-state index contributed by atoms with van der Waals surface area (Å²) < 4.78 is 0. The van der Waals surface area contributed by atoms with E-state index < -0.39 is 5.97 Å². The number of aromatic amines is 1. The highest BCUT2D eigenvalue weighted by molar-refractivity contribution is 5.76. The second-order valence-corrected chi connectivity index (χ2v) is 2.70. The van der Waals surface area contributed by atoms with Crippen molar-refractivity contribution in [2.45, 2.75) is 6.42 Å². The highest BCUT2D eigenvalue weighted by Gasteiger charge is 2.02. The number of carboxylic acids is 1. The second kappa shape index (κ2) is 3.75. The van der Waals surface area contributed by atoms with E-state index in [0.29, 0.717) is 16.9 Å². The first kappa shape index (κ1) is 9.15. The number of H-pyrrole nitrogens is 1. The molecule has 0 aromatic carbocycles. The molecule has 0 radical (unpaired) electrons. The third-order valence-electron chi connectivity index (χ3n) is 1.67. The Morgan fingerprint density at radius 1 is 1.47 bits per heavy atom. The van der Waals surface area contributed by atoms with Gasteiger partial charge in [-0.1, -0.05) is 5.92 Å². The lowest BCUT2D eigenvalue weighted by atomic mass is 10.3. The minimum absolute atomic E-state index is 0.209. The molecule has 0 saturated heterocycles. The number of hydrogen-bond acceptors (Lipinski definition) is 4. The van der Waals surface area contributed by atoms with Gasteiger partial charge in [-0.25, -0.2) is 15.0 Å². The van der Waals surface area contributed by atoms with Gasteiger partial charge in [0.25, 0.3) is 0 Å². The molecule has 6 heteroatoms. The van der Waals surface area contributed by atoms with Crippen molar-refractivity contribution in [1.82, 2.24) is 19.9 Å². The van der Waals surface area contributed by atoms with E-state index in [-0.39, 0.29) is 6.42 Å². The largest absolute Gasteiger partial charge is 0.481 e. The van der Waals surface area contributed by atoms with Gasteiger partial charge in [0, 0.05) is 0 Å². The number of nitrogens with zero attached hydrogens (tertiary/aromatic N) is 3. The van der Waals surface area contributed by atoms with Gasteiger partial charge in [0.1, 0.15) is 24.0 Å². The van der Waals surface area contributed by atoms with Crippen LogP contribution in [0.4, 0.5) is 0 Å². The van der Waals surface area contributed by atoms with Gasteiger partial charge in [0.15, 0.2) is 5.65 Å². The zero-order valence-electron chi connectivity index (χ0n) is 7.56. The predicted molar refractivity (Wildman–Crippen MR) is 50.8 cm³/mol. The van der Waals surface area contributed by atoms with Gasteiger partial charge >= 0.3 is 5.97 Å². The van der Waals surface area contributed by atoms with E-state index in [4.69, 9.17) is 5.11 Å². The summed E-state index contributed by atoms with van der Waals surface area (Å²) >= 11 is 0. The first-order chi connectivity index (χ1) is 7.27. The maximum absolute atomic E-state index is 10.2. The van der Waals surface area contributed by atoms with Crippen molar-refractivity contribution in [2.75, 3.05) is 0 Å². The number of fused-ring (bicyclic) bond motifs is 1. The predicted octanol–water partition coefficient (Wildman–Crippen LogP) is 0.179. The second-order valence-electron chi connectivity index (χ2n) is 2.70. The molecule has 0 unspecified atom stereocenters. The Kier molecular flexibility index (Phi) is 2.29. The van der Waals surface area contributed by atoms with Crippen LogP contribution in [0, 0.1) is 11.8 Å². The van der Waals surface area contributed by atoms with Crippen molar-refractivity contribution in [3.8, 4) is 11.8 Å². The van der Waals surface area contributed by atoms with Gasteiger partial charge in [-0.2, -0.15) is 0 Å². The molecule has 15 heavy (non-hydrogen) atoms. The lowest BCUT2D eigenvalue weighted by Crippen LogP contribution is -1.91. The fraction of sp³-hybridized carbons (Fsp3) is 0.111. The van der Waals surface area contributed by atoms with Crippen LogP contribution >= 0.6 is 0 Å². The van der Waals surface area contributed by atoms with Crippen molar-refractivity contribution < 1.29 is 9.90 Å². The van der Waals surface area contributed by atoms with Crippen LogP contribution in [0.5, 0.6) is 0 Å². The van der Waals surface area contributed by atoms with Crippen molar-refractivity contribution >= 4 is 17.1 Å². The standard InChI is InChI=1S/C9H6N4O2/c14-7(15)3-1-2-6-8-9(12-4-10-6)13-5-11-8/h4-5H,3H2,(H,14,15)(H,10,11,12,13). The number of carboxylic acid groups (broad SMARTS) is 1. The Hall–Kier alpha value is -2.42. The van der Waals surface area contributed by atoms with E-state index in [1.807, 2.05) is 0 Å². The van der Waals surface area contributed by atoms with Crippen LogP contribution in [-0.2, 0) is 4.79 Å². The zero-order chi connectivity index (χ0) is 10.7. The molecule has 2 heterocycles. The molecule has 2 aromatic heterocycles. The van der Waals surface area contributed by atoms with Crippen molar-refractivity contribution in [2.24, 2.45) is 0 Å². The van der Waals surface area contributed by atoms with E-state index in [9.17, 15) is 4.79 Å². The average molecular weight is 202 g/mol. The first-order valence-corrected chi connectivity index (χ1v) is 4.12. The maximum atomic E-state index is 10.2. The smallest absolute Gasteiger partial charge is 0.315 e. The molecule has 74 valence electrons. The molecule has 0 amide bonds. The van der Waals surface area contributed by atoms with E-state index in [1.165, 1.54) is 12.7 Å². The van der Waals surface area contributed by atoms with Crippen LogP contribution in [0.3, 0.4) is 0 Å². The molecule has 0 atom stereocenters. The molecule has 6 nitrogen and oxygen atoms in total. The summed E-state index contributed by atoms with van der Waals surface area (Å²) in [6.45, 7) is 0. The third kappa shape index (κ3) is 1.91. The van der Waals surface area contributed by atoms with Gasteiger partial charge in [-0.3, -0.25) is 4.79 Å². The van der Waals surface area contributed by atoms with E-state index in [2.05, 4.69) is 31.8 Å². The van der Waals surface area contributed by atoms with Gasteiger partial charge in [-0.15, -0.1) is 0 Å². The zero-order valence-corrected chi connectivity index (χ0v) is 7.56. The summed E-state index contributed by atoms with van der Waals surface area (Å²) in [5.74, 6) is 4.19. The Morgan fingerprint density at radius 3 is 3.13 bits per heavy atom. The highest BCUT2D eigenvalue weighted by atomic mass is 16.4. The van der Waals surface area contributed by atoms with Gasteiger partial charge in [0.2, 0.25) is 0 Å². The fourth-order valence-corrected chi connectivity index (χ4v) is 1.06. The highest BCUT2D eigenvalue weighted by Crippen LogP contribution is 2.07. The summed E-state index contributed by atoms with van der Waals surface area (Å²) in [6, 6.07) is 0. The van der Waals surface area contributed by atoms with Crippen LogP contribution < -0.4 is 0 Å². The minimum Gasteiger partial charge on any atom is -0.481 e. The number of hydrogen-bond donors (Lipinski definition) is 2. The van der Waals surface area contributed by atoms with Crippen molar-refractivity contribution in [3.63, 3.8) is 0 Å². The normalized spacial score (nSPS) is 9.60. The van der Waals surface area contributed by atoms with Crippen LogP contribution in [0.15, 0.2) is 12.7 Å². The lowest BCUT2D eigenvalue weighted by molar-refractivity contribution is -0.135. The van der Waals surface area contributed by atoms with Gasteiger partial charge in [0.05, 0.1) is 6.33 Å². The SMILES string of the molecule is O=C(O)CC#Cc1ncnc2nc[nH]c12. The molecular formula is C9H6N4O2. The molecule has 0 bridgehead atoms. The molecule has 2 rings (SSSR count). The van der Waals surface area contributed by atoms with Crippen molar-refractivity contribution in [3.05, 3.63) is 18.3 Å². The summed E-state index contributed by atoms with van der Waals surface area (Å²) in [5.41, 5.74) is 1.60. The number of aliphatic carboxylic acids is 1. The van der Waals surface area contributed by atoms with Crippen LogP contribution in [0.25, 0.3) is 11.2 Å². The summed E-state index contributed by atoms with van der Waals surface area (Å²) in [4.78, 5) is 24.9. The van der Waals surface area contributed by atoms with Crippen LogP contribution in [0.1, 0.15) is 12.1 Å². The minimum atomic E-state index is -0.961. The number of nitrogens with one attached hydrogen (secondary N) is 1. The van der Waals surface area contributed by atoms with Crippen molar-refractivity contribution in [1.29, 1.82) is 0 Å². The summed E-state index contributed by atoms with van der Waals surface area (Å²) in [7, 11) is 0. The average Bonchev–Trinajstić information content (AvgIpc) is 2.65. The monoisotopic (exact) mass is 202 g/mol. The number of imidazole rings is 1. The Balaban J connectivity index is 2.37. The lowest BCUT2D eigenvalue weighted by Gasteiger charge is -1.89. The first-order valence-electron chi connectivity index (χ1n) is 4.12. The topological polar surface area (TPSA) is 91.8 Å². The fourth-order valence-electron chi connectivity index (χ4n) is 1.06. The number of rotatable bonds is 1. The van der Waals surface area contributed by atoms with E-state index in [0.717, 1.165) is 0 Å². The van der Waals surface area contributed by atoms with E-state index in [1.54, 1.807) is 0 Å². The Morgan fingerprint density at radius 2 is 2.33 bits per heavy atom. The van der Waals surface area contributed by atoms with Crippen LogP contribution in [0.2, 0.25) is 0 Å². The maximum Gasteiger partial charge on any atom is 0.315 e. The summed E-state index contributed by atoms with van der Waals surface area (Å²) in [6.07, 6.45) is 2.62. The third-order valence-corrected chi connectivity index (χ3v) is 1.67. The molecular weight excluding hydrogens is 196 g/mol. The molecule has 0 aliphatic heterocycles. The molecule has 0 spiro atoms. The number of carbonyl (C=O) groups is 1. The Bertz CT molecular complexity index is 564.